The molecule has 0 radical (unpaired) electrons. The predicted octanol–water partition coefficient (Wildman–Crippen LogP) is 2.58. The minimum Gasteiger partial charge on any atom is -0.462 e. The molecule has 3 aromatic rings. The van der Waals surface area contributed by atoms with Crippen molar-refractivity contribution in [2.75, 3.05) is 6.61 Å². The predicted molar refractivity (Wildman–Crippen MR) is 95.7 cm³/mol. The van der Waals surface area contributed by atoms with Gasteiger partial charge in [-0.1, -0.05) is 6.58 Å². The first kappa shape index (κ1) is 16.7. The van der Waals surface area contributed by atoms with Gasteiger partial charge in [-0.3, -0.25) is 4.79 Å². The Kier molecular flexibility index (Phi) is 4.27. The fraction of sp³-hybridized carbons (Fsp3) is 0.211. The molecule has 0 amide bonds. The SMILES string of the molecule is C=C(c1cccn(C)c1=O)c1c(C)c(C(=O)OCC)c2cccnn12. The van der Waals surface area contributed by atoms with Gasteiger partial charge in [0.2, 0.25) is 0 Å². The molecule has 0 saturated heterocycles. The summed E-state index contributed by atoms with van der Waals surface area (Å²) in [4.78, 5) is 24.9. The van der Waals surface area contributed by atoms with Crippen molar-refractivity contribution in [1.29, 1.82) is 0 Å². The zero-order chi connectivity index (χ0) is 18.1. The van der Waals surface area contributed by atoms with E-state index in [1.165, 1.54) is 4.57 Å². The Hall–Kier alpha value is -3.15. The van der Waals surface area contributed by atoms with Gasteiger partial charge in [-0.15, -0.1) is 0 Å². The molecule has 0 aliphatic carbocycles. The van der Waals surface area contributed by atoms with E-state index < -0.39 is 5.97 Å². The number of carbonyl (C=O) groups is 1. The zero-order valence-corrected chi connectivity index (χ0v) is 14.4. The molecule has 3 aromatic heterocycles. The Labute approximate surface area is 145 Å². The Bertz CT molecular complexity index is 1040. The third-order valence-electron chi connectivity index (χ3n) is 4.16. The van der Waals surface area contributed by atoms with E-state index in [4.69, 9.17) is 4.74 Å². The molecule has 0 spiro atoms. The smallest absolute Gasteiger partial charge is 0.340 e. The molecular formula is C19H19N3O3. The normalized spacial score (nSPS) is 10.8. The number of ether oxygens (including phenoxy) is 1. The number of rotatable bonds is 4. The lowest BCUT2D eigenvalue weighted by atomic mass is 10.0. The zero-order valence-electron chi connectivity index (χ0n) is 14.4. The number of aromatic nitrogens is 3. The molecule has 128 valence electrons. The number of hydrogen-bond donors (Lipinski definition) is 0. The quantitative estimate of drug-likeness (QED) is 0.686. The lowest BCUT2D eigenvalue weighted by Gasteiger charge is -2.08. The highest BCUT2D eigenvalue weighted by Crippen LogP contribution is 2.30. The first-order valence-electron chi connectivity index (χ1n) is 7.96. The maximum Gasteiger partial charge on any atom is 0.340 e. The molecule has 6 heteroatoms. The molecule has 0 unspecified atom stereocenters. The Morgan fingerprint density at radius 1 is 1.32 bits per heavy atom. The highest BCUT2D eigenvalue weighted by Gasteiger charge is 2.24. The third-order valence-corrected chi connectivity index (χ3v) is 4.16. The van der Waals surface area contributed by atoms with Gasteiger partial charge in [0.1, 0.15) is 0 Å². The fourth-order valence-corrected chi connectivity index (χ4v) is 2.98. The first-order chi connectivity index (χ1) is 12.0. The molecule has 0 aliphatic heterocycles. The van der Waals surface area contributed by atoms with E-state index >= 15 is 0 Å². The average molecular weight is 337 g/mol. The van der Waals surface area contributed by atoms with Gasteiger partial charge in [-0.25, -0.2) is 9.31 Å². The lowest BCUT2D eigenvalue weighted by Crippen LogP contribution is -2.20. The molecule has 0 atom stereocenters. The van der Waals surface area contributed by atoms with Crippen LogP contribution in [0.5, 0.6) is 0 Å². The van der Waals surface area contributed by atoms with Gasteiger partial charge in [-0.2, -0.15) is 5.10 Å². The van der Waals surface area contributed by atoms with Crippen molar-refractivity contribution < 1.29 is 9.53 Å². The van der Waals surface area contributed by atoms with Gasteiger partial charge in [-0.05, 0) is 43.7 Å². The van der Waals surface area contributed by atoms with Crippen molar-refractivity contribution in [3.05, 3.63) is 76.0 Å². The summed E-state index contributed by atoms with van der Waals surface area (Å²) in [5.74, 6) is -0.412. The van der Waals surface area contributed by atoms with E-state index in [2.05, 4.69) is 11.7 Å². The molecular weight excluding hydrogens is 318 g/mol. The number of nitrogens with zero attached hydrogens (tertiary/aromatic N) is 3. The standard InChI is InChI=1S/C19H19N3O3/c1-5-25-19(24)16-13(3)17(22-15(16)9-6-10-20-22)12(2)14-8-7-11-21(4)18(14)23/h6-11H,2,5H2,1,3-4H3. The van der Waals surface area contributed by atoms with Crippen molar-refractivity contribution >= 4 is 17.1 Å². The van der Waals surface area contributed by atoms with Crippen LogP contribution in [0, 0.1) is 6.92 Å². The number of fused-ring (bicyclic) bond motifs is 1. The van der Waals surface area contributed by atoms with Gasteiger partial charge in [0.05, 0.1) is 23.4 Å². The highest BCUT2D eigenvalue weighted by molar-refractivity contribution is 6.01. The molecule has 0 aliphatic rings. The van der Waals surface area contributed by atoms with Gasteiger partial charge in [0, 0.05) is 30.6 Å². The van der Waals surface area contributed by atoms with Crippen molar-refractivity contribution in [3.8, 4) is 0 Å². The third kappa shape index (κ3) is 2.65. The van der Waals surface area contributed by atoms with Crippen LogP contribution in [0.2, 0.25) is 0 Å². The Balaban J connectivity index is 2.28. The summed E-state index contributed by atoms with van der Waals surface area (Å²) in [6.45, 7) is 7.96. The van der Waals surface area contributed by atoms with Crippen LogP contribution in [0.4, 0.5) is 0 Å². The van der Waals surface area contributed by atoms with E-state index in [0.29, 0.717) is 33.5 Å². The summed E-state index contributed by atoms with van der Waals surface area (Å²) in [6.07, 6.45) is 3.31. The van der Waals surface area contributed by atoms with Crippen molar-refractivity contribution in [2.45, 2.75) is 13.8 Å². The summed E-state index contributed by atoms with van der Waals surface area (Å²) in [5, 5.41) is 4.34. The van der Waals surface area contributed by atoms with Gasteiger partial charge in [0.15, 0.2) is 0 Å². The van der Waals surface area contributed by atoms with Gasteiger partial charge >= 0.3 is 5.97 Å². The topological polar surface area (TPSA) is 65.6 Å². The summed E-state index contributed by atoms with van der Waals surface area (Å²) in [6, 6.07) is 7.06. The second-order valence-corrected chi connectivity index (χ2v) is 5.71. The van der Waals surface area contributed by atoms with Crippen LogP contribution in [0.1, 0.15) is 34.1 Å². The summed E-state index contributed by atoms with van der Waals surface area (Å²) in [5.41, 5.74) is 3.21. The molecule has 25 heavy (non-hydrogen) atoms. The van der Waals surface area contributed by atoms with E-state index in [-0.39, 0.29) is 12.2 Å². The highest BCUT2D eigenvalue weighted by atomic mass is 16.5. The van der Waals surface area contributed by atoms with Crippen LogP contribution in [0.25, 0.3) is 11.1 Å². The van der Waals surface area contributed by atoms with Crippen molar-refractivity contribution in [1.82, 2.24) is 14.2 Å². The maximum atomic E-state index is 12.5. The number of hydrogen-bond acceptors (Lipinski definition) is 4. The number of carbonyl (C=O) groups excluding carboxylic acids is 1. The average Bonchev–Trinajstić information content (AvgIpc) is 2.89. The molecule has 0 bridgehead atoms. The molecule has 0 N–H and O–H groups in total. The number of pyridine rings is 1. The maximum absolute atomic E-state index is 12.5. The largest absolute Gasteiger partial charge is 0.462 e. The van der Waals surface area contributed by atoms with Crippen molar-refractivity contribution in [2.24, 2.45) is 7.05 Å². The monoisotopic (exact) mass is 337 g/mol. The van der Waals surface area contributed by atoms with Crippen LogP contribution >= 0.6 is 0 Å². The van der Waals surface area contributed by atoms with Crippen LogP contribution in [-0.4, -0.2) is 26.8 Å². The second kappa shape index (κ2) is 6.39. The van der Waals surface area contributed by atoms with Crippen LogP contribution in [-0.2, 0) is 11.8 Å². The summed E-state index contributed by atoms with van der Waals surface area (Å²) >= 11 is 0. The molecule has 3 rings (SSSR count). The van der Waals surface area contributed by atoms with Gasteiger partial charge in [0.25, 0.3) is 5.56 Å². The number of esters is 1. The summed E-state index contributed by atoms with van der Waals surface area (Å²) < 4.78 is 8.31. The molecule has 6 nitrogen and oxygen atoms in total. The molecule has 0 fully saturated rings. The Morgan fingerprint density at radius 2 is 2.08 bits per heavy atom. The molecule has 0 aromatic carbocycles. The van der Waals surface area contributed by atoms with E-state index in [1.807, 2.05) is 6.92 Å². The second-order valence-electron chi connectivity index (χ2n) is 5.71. The summed E-state index contributed by atoms with van der Waals surface area (Å²) in [7, 11) is 1.69. The Morgan fingerprint density at radius 3 is 2.80 bits per heavy atom. The molecule has 3 heterocycles. The van der Waals surface area contributed by atoms with Gasteiger partial charge < -0.3 is 9.30 Å². The van der Waals surface area contributed by atoms with Crippen molar-refractivity contribution in [3.63, 3.8) is 0 Å². The molecule has 0 saturated carbocycles. The lowest BCUT2D eigenvalue weighted by molar-refractivity contribution is 0.0528. The minimum atomic E-state index is -0.412. The minimum absolute atomic E-state index is 0.157. The van der Waals surface area contributed by atoms with Crippen LogP contribution < -0.4 is 5.56 Å². The first-order valence-corrected chi connectivity index (χ1v) is 7.96. The van der Waals surface area contributed by atoms with Crippen LogP contribution in [0.15, 0.2) is 48.0 Å². The van der Waals surface area contributed by atoms with Crippen LogP contribution in [0.3, 0.4) is 0 Å². The van der Waals surface area contributed by atoms with E-state index in [9.17, 15) is 9.59 Å². The fourth-order valence-electron chi connectivity index (χ4n) is 2.98. The van der Waals surface area contributed by atoms with E-state index in [1.54, 1.807) is 55.1 Å². The van der Waals surface area contributed by atoms with E-state index in [0.717, 1.165) is 0 Å². The number of aryl methyl sites for hydroxylation is 1.